The molecule has 0 saturated carbocycles. The van der Waals surface area contributed by atoms with Gasteiger partial charge in [0.15, 0.2) is 0 Å². The van der Waals surface area contributed by atoms with E-state index in [0.717, 1.165) is 22.3 Å². The zero-order valence-electron chi connectivity index (χ0n) is 10.8. The second kappa shape index (κ2) is 5.80. The third kappa shape index (κ3) is 2.78. The minimum absolute atomic E-state index is 0.567. The number of aliphatic hydroxyl groups excluding tert-OH is 1. The lowest BCUT2D eigenvalue weighted by Gasteiger charge is -2.14. The predicted octanol–water partition coefficient (Wildman–Crippen LogP) is 3.22. The molecular weight excluding hydrogens is 224 g/mol. The van der Waals surface area contributed by atoms with E-state index in [1.165, 1.54) is 0 Å². The number of ether oxygens (including phenoxy) is 1. The average molecular weight is 242 g/mol. The quantitative estimate of drug-likeness (QED) is 0.892. The fourth-order valence-corrected chi connectivity index (χ4v) is 2.04. The largest absolute Gasteiger partial charge is 0.384 e. The third-order valence-corrected chi connectivity index (χ3v) is 3.09. The average Bonchev–Trinajstić information content (AvgIpc) is 2.40. The van der Waals surface area contributed by atoms with Crippen molar-refractivity contribution in [2.75, 3.05) is 7.11 Å². The van der Waals surface area contributed by atoms with Crippen LogP contribution in [0, 0.1) is 6.92 Å². The molecule has 1 atom stereocenters. The Hall–Kier alpha value is -1.64. The second-order valence-corrected chi connectivity index (χ2v) is 4.43. The molecule has 0 fully saturated rings. The Morgan fingerprint density at radius 1 is 1.06 bits per heavy atom. The van der Waals surface area contributed by atoms with Crippen molar-refractivity contribution in [3.8, 4) is 0 Å². The van der Waals surface area contributed by atoms with Crippen LogP contribution >= 0.6 is 0 Å². The number of aryl methyl sites for hydroxylation is 1. The van der Waals surface area contributed by atoms with Crippen molar-refractivity contribution in [2.24, 2.45) is 0 Å². The number of aliphatic hydroxyl groups is 1. The van der Waals surface area contributed by atoms with Gasteiger partial charge in [-0.1, -0.05) is 48.5 Å². The van der Waals surface area contributed by atoms with Crippen LogP contribution in [0.3, 0.4) is 0 Å². The van der Waals surface area contributed by atoms with E-state index in [1.807, 2.05) is 55.5 Å². The zero-order chi connectivity index (χ0) is 13.0. The summed E-state index contributed by atoms with van der Waals surface area (Å²) in [5.74, 6) is 0. The topological polar surface area (TPSA) is 29.5 Å². The first-order valence-electron chi connectivity index (χ1n) is 6.03. The minimum Gasteiger partial charge on any atom is -0.384 e. The molecule has 0 aliphatic carbocycles. The molecule has 0 saturated heterocycles. The lowest BCUT2D eigenvalue weighted by molar-refractivity contribution is 0.184. The van der Waals surface area contributed by atoms with Gasteiger partial charge in [-0.15, -0.1) is 0 Å². The fraction of sp³-hybridized carbons (Fsp3) is 0.250. The summed E-state index contributed by atoms with van der Waals surface area (Å²) < 4.78 is 5.07. The number of hydrogen-bond acceptors (Lipinski definition) is 2. The highest BCUT2D eigenvalue weighted by Gasteiger charge is 2.11. The maximum atomic E-state index is 10.4. The summed E-state index contributed by atoms with van der Waals surface area (Å²) in [5.41, 5.74) is 4.07. The van der Waals surface area contributed by atoms with E-state index < -0.39 is 6.10 Å². The Balaban J connectivity index is 2.23. The summed E-state index contributed by atoms with van der Waals surface area (Å²) >= 11 is 0. The molecule has 2 rings (SSSR count). The van der Waals surface area contributed by atoms with E-state index >= 15 is 0 Å². The van der Waals surface area contributed by atoms with Crippen molar-refractivity contribution in [3.63, 3.8) is 0 Å². The summed E-state index contributed by atoms with van der Waals surface area (Å²) in [7, 11) is 1.68. The molecule has 0 amide bonds. The molecule has 18 heavy (non-hydrogen) atoms. The molecular formula is C16H18O2. The molecule has 0 aliphatic heterocycles. The Morgan fingerprint density at radius 2 is 1.72 bits per heavy atom. The summed E-state index contributed by atoms with van der Waals surface area (Å²) in [6.45, 7) is 2.61. The van der Waals surface area contributed by atoms with Crippen molar-refractivity contribution in [2.45, 2.75) is 19.6 Å². The van der Waals surface area contributed by atoms with Crippen LogP contribution in [0.15, 0.2) is 48.5 Å². The predicted molar refractivity (Wildman–Crippen MR) is 72.4 cm³/mol. The van der Waals surface area contributed by atoms with Gasteiger partial charge in [0.2, 0.25) is 0 Å². The molecule has 2 heteroatoms. The molecule has 1 unspecified atom stereocenters. The van der Waals surface area contributed by atoms with E-state index in [-0.39, 0.29) is 0 Å². The van der Waals surface area contributed by atoms with Gasteiger partial charge in [-0.05, 0) is 29.2 Å². The van der Waals surface area contributed by atoms with Crippen molar-refractivity contribution in [1.82, 2.24) is 0 Å². The maximum absolute atomic E-state index is 10.4. The van der Waals surface area contributed by atoms with E-state index in [4.69, 9.17) is 4.74 Å². The first-order chi connectivity index (χ1) is 8.72. The van der Waals surface area contributed by atoms with Gasteiger partial charge in [0.05, 0.1) is 6.61 Å². The molecule has 2 aromatic carbocycles. The molecule has 94 valence electrons. The lowest BCUT2D eigenvalue weighted by atomic mass is 9.97. The van der Waals surface area contributed by atoms with Crippen molar-refractivity contribution in [1.29, 1.82) is 0 Å². The summed E-state index contributed by atoms with van der Waals surface area (Å²) in [5, 5.41) is 10.4. The highest BCUT2D eigenvalue weighted by Crippen LogP contribution is 2.24. The molecule has 0 aliphatic rings. The second-order valence-electron chi connectivity index (χ2n) is 4.43. The van der Waals surface area contributed by atoms with E-state index in [1.54, 1.807) is 7.11 Å². The Labute approximate surface area is 108 Å². The molecule has 0 bridgehead atoms. The van der Waals surface area contributed by atoms with Crippen molar-refractivity contribution in [3.05, 3.63) is 70.8 Å². The van der Waals surface area contributed by atoms with Gasteiger partial charge in [0.1, 0.15) is 6.10 Å². The van der Waals surface area contributed by atoms with Gasteiger partial charge in [-0.2, -0.15) is 0 Å². The van der Waals surface area contributed by atoms with E-state index in [9.17, 15) is 5.11 Å². The maximum Gasteiger partial charge on any atom is 0.104 e. The van der Waals surface area contributed by atoms with Crippen molar-refractivity contribution < 1.29 is 9.84 Å². The molecule has 0 spiro atoms. The Morgan fingerprint density at radius 3 is 2.33 bits per heavy atom. The normalized spacial score (nSPS) is 12.4. The van der Waals surface area contributed by atoms with Gasteiger partial charge < -0.3 is 9.84 Å². The number of benzene rings is 2. The zero-order valence-corrected chi connectivity index (χ0v) is 10.8. The summed E-state index contributed by atoms with van der Waals surface area (Å²) in [4.78, 5) is 0. The van der Waals surface area contributed by atoms with E-state index in [2.05, 4.69) is 0 Å². The van der Waals surface area contributed by atoms with Crippen LogP contribution in [0.2, 0.25) is 0 Å². The number of methoxy groups -OCH3 is 1. The molecule has 0 radical (unpaired) electrons. The summed E-state index contributed by atoms with van der Waals surface area (Å²) in [6, 6.07) is 15.8. The first kappa shape index (κ1) is 12.8. The minimum atomic E-state index is -0.567. The number of rotatable bonds is 4. The van der Waals surface area contributed by atoms with Crippen LogP contribution in [-0.2, 0) is 11.3 Å². The van der Waals surface area contributed by atoms with Crippen LogP contribution in [0.4, 0.5) is 0 Å². The van der Waals surface area contributed by atoms with Crippen LogP contribution in [-0.4, -0.2) is 12.2 Å². The molecule has 2 aromatic rings. The van der Waals surface area contributed by atoms with Crippen molar-refractivity contribution >= 4 is 0 Å². The molecule has 1 N–H and O–H groups in total. The van der Waals surface area contributed by atoms with Gasteiger partial charge in [-0.3, -0.25) is 0 Å². The van der Waals surface area contributed by atoms with Gasteiger partial charge in [-0.25, -0.2) is 0 Å². The highest BCUT2D eigenvalue weighted by molar-refractivity contribution is 5.36. The highest BCUT2D eigenvalue weighted by atomic mass is 16.5. The van der Waals surface area contributed by atoms with Crippen LogP contribution in [0.25, 0.3) is 0 Å². The van der Waals surface area contributed by atoms with Crippen LogP contribution < -0.4 is 0 Å². The lowest BCUT2D eigenvalue weighted by Crippen LogP contribution is -2.02. The number of hydrogen-bond donors (Lipinski definition) is 1. The SMILES string of the molecule is COCc1ccc(C(O)c2ccccc2C)cc1. The molecule has 2 nitrogen and oxygen atoms in total. The third-order valence-electron chi connectivity index (χ3n) is 3.09. The first-order valence-corrected chi connectivity index (χ1v) is 6.03. The molecule has 0 aromatic heterocycles. The van der Waals surface area contributed by atoms with Crippen LogP contribution in [0.5, 0.6) is 0 Å². The standard InChI is InChI=1S/C16H18O2/c1-12-5-3-4-6-15(12)16(17)14-9-7-13(8-10-14)11-18-2/h3-10,16-17H,11H2,1-2H3. The Bertz CT molecular complexity index is 503. The van der Waals surface area contributed by atoms with Gasteiger partial charge in [0, 0.05) is 7.11 Å². The Kier molecular flexibility index (Phi) is 4.13. The van der Waals surface area contributed by atoms with Gasteiger partial charge >= 0.3 is 0 Å². The smallest absolute Gasteiger partial charge is 0.104 e. The fourth-order valence-electron chi connectivity index (χ4n) is 2.04. The van der Waals surface area contributed by atoms with Gasteiger partial charge in [0.25, 0.3) is 0 Å². The monoisotopic (exact) mass is 242 g/mol. The summed E-state index contributed by atoms with van der Waals surface area (Å²) in [6.07, 6.45) is -0.567. The molecule has 0 heterocycles. The van der Waals surface area contributed by atoms with Crippen LogP contribution in [0.1, 0.15) is 28.4 Å². The van der Waals surface area contributed by atoms with E-state index in [0.29, 0.717) is 6.61 Å².